The van der Waals surface area contributed by atoms with Crippen LogP contribution >= 0.6 is 0 Å². The van der Waals surface area contributed by atoms with E-state index in [0.29, 0.717) is 0 Å². The zero-order valence-corrected chi connectivity index (χ0v) is 7.82. The third kappa shape index (κ3) is 6.04. The molecule has 0 aromatic heterocycles. The van der Waals surface area contributed by atoms with Crippen LogP contribution in [0.15, 0.2) is 0 Å². The number of hydrogen-bond acceptors (Lipinski definition) is 6. The van der Waals surface area contributed by atoms with Gasteiger partial charge in [-0.2, -0.15) is 4.39 Å². The van der Waals surface area contributed by atoms with Crippen molar-refractivity contribution in [3.05, 3.63) is 0 Å². The number of alkyl halides is 1. The van der Waals surface area contributed by atoms with Crippen molar-refractivity contribution >= 4 is 12.3 Å². The summed E-state index contributed by atoms with van der Waals surface area (Å²) in [4.78, 5) is 20.9. The average molecular weight is 210 g/mol. The number of ether oxygens (including phenoxy) is 4. The fourth-order valence-electron chi connectivity index (χ4n) is 0.483. The van der Waals surface area contributed by atoms with E-state index < -0.39 is 25.3 Å². The van der Waals surface area contributed by atoms with E-state index >= 15 is 0 Å². The number of carbonyl (C=O) groups is 2. The van der Waals surface area contributed by atoms with Crippen LogP contribution in [0.2, 0.25) is 0 Å². The van der Waals surface area contributed by atoms with E-state index in [0.717, 1.165) is 7.11 Å². The Bertz CT molecular complexity index is 195. The molecule has 0 amide bonds. The summed E-state index contributed by atoms with van der Waals surface area (Å²) >= 11 is 0. The first-order chi connectivity index (χ1) is 6.60. The molecule has 1 unspecified atom stereocenters. The summed E-state index contributed by atoms with van der Waals surface area (Å²) in [5.41, 5.74) is 0. The zero-order valence-electron chi connectivity index (χ0n) is 7.82. The van der Waals surface area contributed by atoms with Gasteiger partial charge in [-0.15, -0.1) is 0 Å². The minimum Gasteiger partial charge on any atom is -0.438 e. The quantitative estimate of drug-likeness (QED) is 0.650. The maximum absolute atomic E-state index is 12.6. The van der Waals surface area contributed by atoms with Gasteiger partial charge in [-0.3, -0.25) is 0 Å². The summed E-state index contributed by atoms with van der Waals surface area (Å²) in [5, 5.41) is 0. The van der Waals surface area contributed by atoms with Crippen LogP contribution in [0, 0.1) is 0 Å². The first-order valence-electron chi connectivity index (χ1n) is 3.78. The molecule has 0 aromatic carbocycles. The Balaban J connectivity index is 3.59. The molecule has 0 aromatic rings. The predicted octanol–water partition coefficient (Wildman–Crippen LogP) is 1.24. The molecule has 6 nitrogen and oxygen atoms in total. The Morgan fingerprint density at radius 2 is 1.93 bits per heavy atom. The van der Waals surface area contributed by atoms with Crippen molar-refractivity contribution in [1.29, 1.82) is 0 Å². The van der Waals surface area contributed by atoms with E-state index in [4.69, 9.17) is 0 Å². The third-order valence-electron chi connectivity index (χ3n) is 0.985. The van der Waals surface area contributed by atoms with Gasteiger partial charge in [0.15, 0.2) is 6.61 Å². The lowest BCUT2D eigenvalue weighted by Crippen LogP contribution is -2.21. The molecule has 0 bridgehead atoms. The Hall–Kier alpha value is -1.53. The molecule has 82 valence electrons. The molecule has 0 aliphatic carbocycles. The summed E-state index contributed by atoms with van der Waals surface area (Å²) in [6.07, 6.45) is -4.28. The lowest BCUT2D eigenvalue weighted by atomic mass is 10.7. The monoisotopic (exact) mass is 210 g/mol. The van der Waals surface area contributed by atoms with E-state index in [-0.39, 0.29) is 6.61 Å². The van der Waals surface area contributed by atoms with Gasteiger partial charge in [0.05, 0.1) is 13.7 Å². The normalized spacial score (nSPS) is 11.4. The van der Waals surface area contributed by atoms with Crippen LogP contribution in [-0.4, -0.2) is 39.0 Å². The maximum Gasteiger partial charge on any atom is 0.510 e. The Morgan fingerprint density at radius 3 is 2.43 bits per heavy atom. The second kappa shape index (κ2) is 6.93. The number of carbonyl (C=O) groups excluding carboxylic acids is 2. The number of hydrogen-bond donors (Lipinski definition) is 0. The predicted molar refractivity (Wildman–Crippen MR) is 41.4 cm³/mol. The van der Waals surface area contributed by atoms with Crippen LogP contribution in [0.1, 0.15) is 6.92 Å². The lowest BCUT2D eigenvalue weighted by molar-refractivity contribution is -0.0654. The van der Waals surface area contributed by atoms with Crippen molar-refractivity contribution in [1.82, 2.24) is 0 Å². The summed E-state index contributed by atoms with van der Waals surface area (Å²) < 4.78 is 29.1. The van der Waals surface area contributed by atoms with Crippen molar-refractivity contribution in [2.75, 3.05) is 20.3 Å². The van der Waals surface area contributed by atoms with Gasteiger partial charge >= 0.3 is 12.3 Å². The lowest BCUT2D eigenvalue weighted by Gasteiger charge is -2.09. The molecule has 0 saturated heterocycles. The van der Waals surface area contributed by atoms with Crippen molar-refractivity contribution < 1.29 is 32.9 Å². The van der Waals surface area contributed by atoms with Crippen molar-refractivity contribution in [3.8, 4) is 0 Å². The number of halogens is 1. The molecule has 0 radical (unpaired) electrons. The average Bonchev–Trinajstić information content (AvgIpc) is 2.14. The van der Waals surface area contributed by atoms with Gasteiger partial charge in [0, 0.05) is 0 Å². The molecule has 0 spiro atoms. The molecule has 0 aliphatic rings. The first kappa shape index (κ1) is 12.5. The third-order valence-corrected chi connectivity index (χ3v) is 0.985. The fraction of sp³-hybridized carbons (Fsp3) is 0.714. The molecule has 7 heteroatoms. The van der Waals surface area contributed by atoms with E-state index in [2.05, 4.69) is 18.9 Å². The smallest absolute Gasteiger partial charge is 0.438 e. The van der Waals surface area contributed by atoms with Gasteiger partial charge in [0.25, 0.3) is 6.36 Å². The standard InChI is InChI=1S/C7H11FO6/c1-3-12-7(10)14-5(8)4-13-6(9)11-2/h5H,3-4H2,1-2H3. The molecule has 0 aliphatic heterocycles. The van der Waals surface area contributed by atoms with Gasteiger partial charge < -0.3 is 18.9 Å². The highest BCUT2D eigenvalue weighted by Crippen LogP contribution is 1.98. The van der Waals surface area contributed by atoms with Gasteiger partial charge in [0.2, 0.25) is 0 Å². The topological polar surface area (TPSA) is 71.1 Å². The van der Waals surface area contributed by atoms with Gasteiger partial charge in [-0.05, 0) is 6.92 Å². The van der Waals surface area contributed by atoms with E-state index in [1.54, 1.807) is 6.92 Å². The molecule has 0 heterocycles. The maximum atomic E-state index is 12.6. The van der Waals surface area contributed by atoms with Crippen molar-refractivity contribution in [2.24, 2.45) is 0 Å². The molecule has 0 fully saturated rings. The van der Waals surface area contributed by atoms with Gasteiger partial charge in [-0.25, -0.2) is 9.59 Å². The Kier molecular flexibility index (Phi) is 6.17. The summed E-state index contributed by atoms with van der Waals surface area (Å²) in [7, 11) is 1.07. The fourth-order valence-corrected chi connectivity index (χ4v) is 0.483. The second-order valence-electron chi connectivity index (χ2n) is 1.98. The summed E-state index contributed by atoms with van der Waals surface area (Å²) in [6, 6.07) is 0. The molecule has 1 atom stereocenters. The highest BCUT2D eigenvalue weighted by molar-refractivity contribution is 5.60. The highest BCUT2D eigenvalue weighted by Gasteiger charge is 2.15. The minimum absolute atomic E-state index is 0.0728. The van der Waals surface area contributed by atoms with Crippen LogP contribution in [0.3, 0.4) is 0 Å². The van der Waals surface area contributed by atoms with Crippen LogP contribution < -0.4 is 0 Å². The largest absolute Gasteiger partial charge is 0.510 e. The Morgan fingerprint density at radius 1 is 1.29 bits per heavy atom. The summed E-state index contributed by atoms with van der Waals surface area (Å²) in [6.45, 7) is 0.883. The molecule has 0 N–H and O–H groups in total. The van der Waals surface area contributed by atoms with Gasteiger partial charge in [0.1, 0.15) is 0 Å². The van der Waals surface area contributed by atoms with Crippen LogP contribution in [0.5, 0.6) is 0 Å². The highest BCUT2D eigenvalue weighted by atomic mass is 19.1. The van der Waals surface area contributed by atoms with Crippen LogP contribution in [-0.2, 0) is 18.9 Å². The SMILES string of the molecule is CCOC(=O)OC(F)COC(=O)OC. The van der Waals surface area contributed by atoms with E-state index in [1.165, 1.54) is 0 Å². The minimum atomic E-state index is -2.06. The van der Waals surface area contributed by atoms with E-state index in [1.807, 2.05) is 0 Å². The zero-order chi connectivity index (χ0) is 11.0. The molecule has 0 saturated carbocycles. The molecule has 14 heavy (non-hydrogen) atoms. The second-order valence-corrected chi connectivity index (χ2v) is 1.98. The Labute approximate surface area is 79.9 Å². The van der Waals surface area contributed by atoms with Crippen molar-refractivity contribution in [2.45, 2.75) is 13.3 Å². The summed E-state index contributed by atoms with van der Waals surface area (Å²) in [5.74, 6) is 0. The van der Waals surface area contributed by atoms with Gasteiger partial charge in [-0.1, -0.05) is 0 Å². The molecule has 0 rings (SSSR count). The first-order valence-corrected chi connectivity index (χ1v) is 3.78. The number of methoxy groups -OCH3 is 1. The molecular formula is C7H11FO6. The van der Waals surface area contributed by atoms with Crippen molar-refractivity contribution in [3.63, 3.8) is 0 Å². The van der Waals surface area contributed by atoms with Crippen LogP contribution in [0.25, 0.3) is 0 Å². The molecular weight excluding hydrogens is 199 g/mol. The van der Waals surface area contributed by atoms with E-state index in [9.17, 15) is 14.0 Å². The van der Waals surface area contributed by atoms with Crippen LogP contribution in [0.4, 0.5) is 14.0 Å². The number of rotatable bonds is 4.